The van der Waals surface area contributed by atoms with Crippen molar-refractivity contribution in [1.82, 2.24) is 14.8 Å². The number of aromatic hydroxyl groups is 1. The molecule has 1 aliphatic rings. The first-order valence-corrected chi connectivity index (χ1v) is 10.5. The fraction of sp³-hybridized carbons (Fsp3) is 0.208. The van der Waals surface area contributed by atoms with E-state index in [0.29, 0.717) is 12.1 Å². The van der Waals surface area contributed by atoms with Crippen LogP contribution in [0.5, 0.6) is 5.75 Å². The lowest BCUT2D eigenvalue weighted by Crippen LogP contribution is -2.29. The van der Waals surface area contributed by atoms with Gasteiger partial charge in [0.25, 0.3) is 5.91 Å². The lowest BCUT2D eigenvalue weighted by atomic mass is 10.1. The van der Waals surface area contributed by atoms with E-state index in [-0.39, 0.29) is 25.3 Å². The van der Waals surface area contributed by atoms with Crippen LogP contribution in [0.2, 0.25) is 0 Å². The SMILES string of the molecule is O=C(NCCF)C(=CN1Cc2cc(-c3ccc(CCO)cc3)cn2C1=O)c1occc(=O)c1O. The van der Waals surface area contributed by atoms with Gasteiger partial charge in [0.1, 0.15) is 12.2 Å². The van der Waals surface area contributed by atoms with Gasteiger partial charge in [-0.1, -0.05) is 24.3 Å². The van der Waals surface area contributed by atoms with Crippen LogP contribution in [0.15, 0.2) is 64.3 Å². The number of benzene rings is 1. The molecular weight excluding hydrogens is 445 g/mol. The Morgan fingerprint density at radius 3 is 2.62 bits per heavy atom. The summed E-state index contributed by atoms with van der Waals surface area (Å²) in [7, 11) is 0. The number of carbonyl (C=O) groups excluding carboxylic acids is 2. The number of aliphatic hydroxyl groups is 1. The third-order valence-electron chi connectivity index (χ3n) is 5.38. The Balaban J connectivity index is 1.63. The maximum Gasteiger partial charge on any atom is 0.332 e. The second kappa shape index (κ2) is 9.75. The van der Waals surface area contributed by atoms with Gasteiger partial charge in [0.2, 0.25) is 11.2 Å². The summed E-state index contributed by atoms with van der Waals surface area (Å²) >= 11 is 0. The summed E-state index contributed by atoms with van der Waals surface area (Å²) in [6.45, 7) is -0.918. The summed E-state index contributed by atoms with van der Waals surface area (Å²) in [5, 5.41) is 21.5. The van der Waals surface area contributed by atoms with Crippen molar-refractivity contribution in [2.24, 2.45) is 0 Å². The molecule has 34 heavy (non-hydrogen) atoms. The number of halogens is 1. The zero-order valence-corrected chi connectivity index (χ0v) is 18.0. The van der Waals surface area contributed by atoms with E-state index in [1.807, 2.05) is 30.3 Å². The first kappa shape index (κ1) is 23.0. The van der Waals surface area contributed by atoms with E-state index < -0.39 is 35.6 Å². The Labute approximate surface area is 193 Å². The van der Waals surface area contributed by atoms with Crippen molar-refractivity contribution in [2.45, 2.75) is 13.0 Å². The Morgan fingerprint density at radius 2 is 1.94 bits per heavy atom. The second-order valence-electron chi connectivity index (χ2n) is 7.62. The average molecular weight is 467 g/mol. The summed E-state index contributed by atoms with van der Waals surface area (Å²) in [5.41, 5.74) is 2.34. The average Bonchev–Trinajstić information content (AvgIpc) is 3.38. The topological polar surface area (TPSA) is 125 Å². The lowest BCUT2D eigenvalue weighted by Gasteiger charge is -2.14. The lowest BCUT2D eigenvalue weighted by molar-refractivity contribution is -0.115. The maximum atomic E-state index is 13.0. The zero-order valence-electron chi connectivity index (χ0n) is 18.0. The fourth-order valence-electron chi connectivity index (χ4n) is 3.67. The predicted octanol–water partition coefficient (Wildman–Crippen LogP) is 2.26. The van der Waals surface area contributed by atoms with Crippen LogP contribution in [0.1, 0.15) is 17.0 Å². The number of alkyl halides is 1. The van der Waals surface area contributed by atoms with E-state index in [1.54, 1.807) is 6.20 Å². The zero-order chi connectivity index (χ0) is 24.2. The molecule has 9 nitrogen and oxygen atoms in total. The fourth-order valence-corrected chi connectivity index (χ4v) is 3.67. The van der Waals surface area contributed by atoms with Crippen molar-refractivity contribution in [3.05, 3.63) is 82.3 Å². The highest BCUT2D eigenvalue weighted by Gasteiger charge is 2.29. The smallest absolute Gasteiger partial charge is 0.332 e. The van der Waals surface area contributed by atoms with Crippen LogP contribution >= 0.6 is 0 Å². The molecule has 2 amide bonds. The summed E-state index contributed by atoms with van der Waals surface area (Å²) in [4.78, 5) is 38.7. The van der Waals surface area contributed by atoms with Gasteiger partial charge in [-0.15, -0.1) is 0 Å². The minimum atomic E-state index is -0.818. The van der Waals surface area contributed by atoms with Crippen molar-refractivity contribution < 1.29 is 28.6 Å². The normalized spacial score (nSPS) is 13.3. The van der Waals surface area contributed by atoms with E-state index in [2.05, 4.69) is 5.32 Å². The highest BCUT2D eigenvalue weighted by Crippen LogP contribution is 2.29. The summed E-state index contributed by atoms with van der Waals surface area (Å²) in [6, 6.07) is 10.0. The van der Waals surface area contributed by atoms with Gasteiger partial charge in [0.05, 0.1) is 12.8 Å². The van der Waals surface area contributed by atoms with Gasteiger partial charge in [0, 0.05) is 42.9 Å². The first-order valence-electron chi connectivity index (χ1n) is 10.5. The first-order chi connectivity index (χ1) is 16.4. The molecule has 2 aromatic heterocycles. The molecule has 0 saturated carbocycles. The van der Waals surface area contributed by atoms with Gasteiger partial charge >= 0.3 is 6.03 Å². The summed E-state index contributed by atoms with van der Waals surface area (Å²) < 4.78 is 19.2. The van der Waals surface area contributed by atoms with Crippen molar-refractivity contribution in [3.63, 3.8) is 0 Å². The Hall–Kier alpha value is -4.18. The number of aliphatic hydroxyl groups excluding tert-OH is 1. The van der Waals surface area contributed by atoms with Gasteiger partial charge in [-0.3, -0.25) is 19.1 Å². The molecule has 4 rings (SSSR count). The molecule has 0 atom stereocenters. The number of carbonyl (C=O) groups is 2. The van der Waals surface area contributed by atoms with E-state index in [4.69, 9.17) is 9.52 Å². The maximum absolute atomic E-state index is 13.0. The van der Waals surface area contributed by atoms with Crippen molar-refractivity contribution >= 4 is 17.5 Å². The predicted molar refractivity (Wildman–Crippen MR) is 121 cm³/mol. The minimum Gasteiger partial charge on any atom is -0.502 e. The van der Waals surface area contributed by atoms with Crippen LogP contribution in [-0.4, -0.2) is 51.4 Å². The molecule has 1 aliphatic heterocycles. The molecule has 0 bridgehead atoms. The minimum absolute atomic E-state index is 0.0652. The molecule has 0 spiro atoms. The number of fused-ring (bicyclic) bond motifs is 1. The summed E-state index contributed by atoms with van der Waals surface area (Å²) in [5.74, 6) is -2.02. The van der Waals surface area contributed by atoms with E-state index >= 15 is 0 Å². The molecule has 0 aliphatic carbocycles. The number of amides is 2. The third kappa shape index (κ3) is 4.48. The summed E-state index contributed by atoms with van der Waals surface area (Å²) in [6.07, 6.45) is 4.42. The largest absolute Gasteiger partial charge is 0.502 e. The Morgan fingerprint density at radius 1 is 1.18 bits per heavy atom. The molecule has 0 fully saturated rings. The van der Waals surface area contributed by atoms with Gasteiger partial charge in [0.15, 0.2) is 5.76 Å². The molecule has 1 aromatic carbocycles. The van der Waals surface area contributed by atoms with Crippen LogP contribution in [0, 0.1) is 0 Å². The van der Waals surface area contributed by atoms with E-state index in [1.165, 1.54) is 15.7 Å². The van der Waals surface area contributed by atoms with Gasteiger partial charge in [-0.05, 0) is 23.6 Å². The molecule has 10 heteroatoms. The monoisotopic (exact) mass is 467 g/mol. The van der Waals surface area contributed by atoms with Crippen LogP contribution < -0.4 is 10.7 Å². The van der Waals surface area contributed by atoms with Crippen LogP contribution in [0.25, 0.3) is 16.7 Å². The third-order valence-corrected chi connectivity index (χ3v) is 5.38. The second-order valence-corrected chi connectivity index (χ2v) is 7.62. The Kier molecular flexibility index (Phi) is 6.60. The van der Waals surface area contributed by atoms with Crippen molar-refractivity contribution in [3.8, 4) is 16.9 Å². The molecule has 3 N–H and O–H groups in total. The highest BCUT2D eigenvalue weighted by atomic mass is 19.1. The number of nitrogens with zero attached hydrogens (tertiary/aromatic N) is 2. The molecule has 0 radical (unpaired) electrons. The van der Waals surface area contributed by atoms with E-state index in [9.17, 15) is 23.9 Å². The van der Waals surface area contributed by atoms with E-state index in [0.717, 1.165) is 29.0 Å². The van der Waals surface area contributed by atoms with Crippen molar-refractivity contribution in [1.29, 1.82) is 0 Å². The van der Waals surface area contributed by atoms with Gasteiger partial charge in [-0.25, -0.2) is 9.18 Å². The molecule has 0 unspecified atom stereocenters. The van der Waals surface area contributed by atoms with Gasteiger partial charge < -0.3 is 19.9 Å². The van der Waals surface area contributed by atoms with Crippen molar-refractivity contribution in [2.75, 3.05) is 19.8 Å². The molecular formula is C24H22FN3O6. The standard InChI is InChI=1S/C24H22FN3O6/c25-7-8-26-23(32)19(22-21(31)20(30)6-10-34-22)14-27-13-18-11-17(12-28(18)24(27)33)16-3-1-15(2-4-16)5-9-29/h1-4,6,10-12,14,29,31H,5,7-9,13H2,(H,26,32). The molecule has 3 aromatic rings. The molecule has 176 valence electrons. The van der Waals surface area contributed by atoms with Gasteiger partial charge in [-0.2, -0.15) is 0 Å². The number of nitrogens with one attached hydrogen (secondary N) is 1. The quantitative estimate of drug-likeness (QED) is 0.437. The molecule has 3 heterocycles. The highest BCUT2D eigenvalue weighted by molar-refractivity contribution is 6.19. The van der Waals surface area contributed by atoms with Crippen LogP contribution in [0.3, 0.4) is 0 Å². The van der Waals surface area contributed by atoms with Crippen LogP contribution in [-0.2, 0) is 17.8 Å². The Bertz CT molecular complexity index is 1310. The number of hydrogen-bond donors (Lipinski definition) is 3. The van der Waals surface area contributed by atoms with Crippen LogP contribution in [0.4, 0.5) is 9.18 Å². The number of hydrogen-bond acceptors (Lipinski definition) is 6. The number of aromatic nitrogens is 1. The number of rotatable bonds is 8. The molecule has 0 saturated heterocycles.